The summed E-state index contributed by atoms with van der Waals surface area (Å²) in [6, 6.07) is 0. The zero-order chi connectivity index (χ0) is 15.3. The zero-order valence-corrected chi connectivity index (χ0v) is 12.6. The van der Waals surface area contributed by atoms with Gasteiger partial charge < -0.3 is 28.7 Å². The highest BCUT2D eigenvalue weighted by Gasteiger charge is 2.63. The molecule has 1 atom stereocenters. The Hall–Kier alpha value is -0.270. The van der Waals surface area contributed by atoms with Crippen molar-refractivity contribution in [3.63, 3.8) is 0 Å². The molecule has 0 bridgehead atoms. The molecule has 11 heteroatoms. The van der Waals surface area contributed by atoms with E-state index in [9.17, 15) is 28.8 Å². The molecule has 0 spiro atoms. The van der Waals surface area contributed by atoms with Gasteiger partial charge in [0.25, 0.3) is 0 Å². The molecule has 0 saturated carbocycles. The van der Waals surface area contributed by atoms with Gasteiger partial charge in [-0.3, -0.25) is 13.9 Å². The molecule has 0 aromatic carbocycles. The summed E-state index contributed by atoms with van der Waals surface area (Å²) in [5.41, 5.74) is 0. The second-order valence-electron chi connectivity index (χ2n) is 3.43. The Morgan fingerprint density at radius 2 is 1.58 bits per heavy atom. The molecule has 0 amide bonds. The van der Waals surface area contributed by atoms with E-state index in [0.29, 0.717) is 0 Å². The van der Waals surface area contributed by atoms with Gasteiger partial charge in [0, 0.05) is 6.92 Å². The van der Waals surface area contributed by atoms with Crippen LogP contribution in [-0.4, -0.2) is 45.8 Å². The first kappa shape index (κ1) is 18.7. The molecule has 0 aliphatic carbocycles. The van der Waals surface area contributed by atoms with Crippen LogP contribution < -0.4 is 0 Å². The summed E-state index contributed by atoms with van der Waals surface area (Å²) in [5.74, 6) is -0.911. The molecule has 0 fully saturated rings. The van der Waals surface area contributed by atoms with Gasteiger partial charge in [-0.2, -0.15) is 0 Å². The molecule has 1 unspecified atom stereocenters. The minimum absolute atomic E-state index is 0.223. The van der Waals surface area contributed by atoms with E-state index in [4.69, 9.17) is 9.05 Å². The van der Waals surface area contributed by atoms with Crippen LogP contribution in [0.25, 0.3) is 0 Å². The van der Waals surface area contributed by atoms with Gasteiger partial charge in [-0.15, -0.1) is 0 Å². The molecule has 0 radical (unpaired) electrons. The lowest BCUT2D eigenvalue weighted by atomic mass is 10.7. The van der Waals surface area contributed by atoms with Crippen molar-refractivity contribution in [1.29, 1.82) is 0 Å². The lowest BCUT2D eigenvalue weighted by molar-refractivity contribution is -0.143. The largest absolute Gasteiger partial charge is 0.461 e. The van der Waals surface area contributed by atoms with Crippen LogP contribution in [0.1, 0.15) is 20.8 Å². The fourth-order valence-electron chi connectivity index (χ4n) is 1.11. The van der Waals surface area contributed by atoms with Gasteiger partial charge in [0.05, 0.1) is 13.2 Å². The van der Waals surface area contributed by atoms with Crippen molar-refractivity contribution in [2.75, 3.05) is 19.8 Å². The van der Waals surface area contributed by atoms with E-state index >= 15 is 0 Å². The molecule has 0 saturated heterocycles. The van der Waals surface area contributed by atoms with E-state index in [1.807, 2.05) is 0 Å². The summed E-state index contributed by atoms with van der Waals surface area (Å²) in [4.78, 5) is 29.1. The smallest absolute Gasteiger partial charge is 0.378 e. The van der Waals surface area contributed by atoms with Gasteiger partial charge in [0.2, 0.25) is 0 Å². The number of rotatable bonds is 8. The molecule has 114 valence electrons. The molecule has 0 rings (SSSR count). The number of hydrogen-bond acceptors (Lipinski definition) is 7. The summed E-state index contributed by atoms with van der Waals surface area (Å²) < 4.78 is 37.4. The molecule has 3 N–H and O–H groups in total. The van der Waals surface area contributed by atoms with E-state index in [0.717, 1.165) is 6.92 Å². The van der Waals surface area contributed by atoms with Crippen molar-refractivity contribution < 1.29 is 42.6 Å². The minimum Gasteiger partial charge on any atom is -0.461 e. The Kier molecular flexibility index (Phi) is 6.85. The topological polar surface area (TPSA) is 140 Å². The second kappa shape index (κ2) is 6.95. The number of aliphatic hydroxyl groups is 1. The Morgan fingerprint density at radius 3 is 1.84 bits per heavy atom. The van der Waals surface area contributed by atoms with Crippen LogP contribution in [0.3, 0.4) is 0 Å². The van der Waals surface area contributed by atoms with Crippen LogP contribution in [0, 0.1) is 0 Å². The third-order valence-electron chi connectivity index (χ3n) is 1.97. The van der Waals surface area contributed by atoms with Crippen LogP contribution in [0.15, 0.2) is 0 Å². The zero-order valence-electron chi connectivity index (χ0n) is 10.8. The second-order valence-corrected chi connectivity index (χ2v) is 7.86. The third-order valence-corrected chi connectivity index (χ3v) is 6.75. The van der Waals surface area contributed by atoms with Crippen molar-refractivity contribution in [2.45, 2.75) is 25.9 Å². The Balaban J connectivity index is 5.60. The van der Waals surface area contributed by atoms with Crippen molar-refractivity contribution >= 4 is 21.2 Å². The molecular formula is C8H18O9P2. The van der Waals surface area contributed by atoms with Crippen molar-refractivity contribution in [3.05, 3.63) is 0 Å². The van der Waals surface area contributed by atoms with Gasteiger partial charge in [0.1, 0.15) is 6.61 Å². The van der Waals surface area contributed by atoms with Crippen LogP contribution in [0.2, 0.25) is 0 Å². The van der Waals surface area contributed by atoms with Gasteiger partial charge in [-0.25, -0.2) is 0 Å². The number of carbonyl (C=O) groups excluding carboxylic acids is 1. The summed E-state index contributed by atoms with van der Waals surface area (Å²) in [6.45, 7) is 2.12. The van der Waals surface area contributed by atoms with E-state index in [-0.39, 0.29) is 13.2 Å². The highest BCUT2D eigenvalue weighted by Crippen LogP contribution is 2.72. The van der Waals surface area contributed by atoms with E-state index in [2.05, 4.69) is 4.74 Å². The van der Waals surface area contributed by atoms with Crippen molar-refractivity contribution in [2.24, 2.45) is 0 Å². The molecule has 0 aliphatic heterocycles. The van der Waals surface area contributed by atoms with E-state index in [1.165, 1.54) is 13.8 Å². The molecule has 19 heavy (non-hydrogen) atoms. The molecule has 9 nitrogen and oxygen atoms in total. The number of carbonyl (C=O) groups is 1. The average molecular weight is 320 g/mol. The van der Waals surface area contributed by atoms with Crippen LogP contribution in [-0.2, 0) is 27.7 Å². The number of hydrogen-bond donors (Lipinski definition) is 3. The van der Waals surface area contributed by atoms with E-state index < -0.39 is 32.9 Å². The fraction of sp³-hybridized carbons (Fsp3) is 0.875. The predicted molar refractivity (Wildman–Crippen MR) is 64.5 cm³/mol. The molecule has 0 aliphatic rings. The lowest BCUT2D eigenvalue weighted by Crippen LogP contribution is -2.36. The van der Waals surface area contributed by atoms with Gasteiger partial charge in [-0.1, -0.05) is 0 Å². The third kappa shape index (κ3) is 4.36. The molecule has 0 aromatic heterocycles. The number of esters is 1. The first-order valence-electron chi connectivity index (χ1n) is 5.34. The Labute approximate surface area is 110 Å². The number of ether oxygens (including phenoxy) is 1. The quantitative estimate of drug-likeness (QED) is 0.434. The standard InChI is InChI=1S/C8H18O9P2/c1-4-16-19(14,17-5-2)8(10,18(11,12)13)6-15-7(3)9/h10H,4-6H2,1-3H3,(H2,11,12,13). The van der Waals surface area contributed by atoms with Crippen LogP contribution >= 0.6 is 15.2 Å². The van der Waals surface area contributed by atoms with Gasteiger partial charge in [0.15, 0.2) is 0 Å². The SMILES string of the molecule is CCOP(=O)(OCC)C(O)(COC(C)=O)P(=O)(O)O. The maximum Gasteiger partial charge on any atom is 0.378 e. The highest BCUT2D eigenvalue weighted by atomic mass is 31.2. The molecular weight excluding hydrogens is 302 g/mol. The average Bonchev–Trinajstić information content (AvgIpc) is 2.24. The fourth-order valence-corrected chi connectivity index (χ4v) is 4.35. The Bertz CT molecular complexity index is 393. The first-order valence-corrected chi connectivity index (χ1v) is 8.50. The minimum atomic E-state index is -5.36. The summed E-state index contributed by atoms with van der Waals surface area (Å²) in [5, 5.41) is 6.79. The van der Waals surface area contributed by atoms with Gasteiger partial charge in [-0.05, 0) is 13.8 Å². The lowest BCUT2D eigenvalue weighted by Gasteiger charge is -2.33. The van der Waals surface area contributed by atoms with Crippen molar-refractivity contribution in [1.82, 2.24) is 0 Å². The van der Waals surface area contributed by atoms with E-state index in [1.54, 1.807) is 0 Å². The molecule has 0 aromatic rings. The Morgan fingerprint density at radius 1 is 1.16 bits per heavy atom. The maximum absolute atomic E-state index is 12.3. The molecule has 0 heterocycles. The summed E-state index contributed by atoms with van der Waals surface area (Å²) in [7, 11) is -9.96. The summed E-state index contributed by atoms with van der Waals surface area (Å²) >= 11 is 0. The highest BCUT2D eigenvalue weighted by molar-refractivity contribution is 7.73. The maximum atomic E-state index is 12.3. The van der Waals surface area contributed by atoms with Crippen LogP contribution in [0.4, 0.5) is 0 Å². The monoisotopic (exact) mass is 320 g/mol. The first-order chi connectivity index (χ1) is 8.54. The van der Waals surface area contributed by atoms with Crippen LogP contribution in [0.5, 0.6) is 0 Å². The predicted octanol–water partition coefficient (Wildman–Crippen LogP) is 0.639. The van der Waals surface area contributed by atoms with Gasteiger partial charge >= 0.3 is 26.2 Å². The van der Waals surface area contributed by atoms with Crippen molar-refractivity contribution in [3.8, 4) is 0 Å². The normalized spacial score (nSPS) is 15.9. The summed E-state index contributed by atoms with van der Waals surface area (Å²) in [6.07, 6.45) is 0.